The van der Waals surface area contributed by atoms with Crippen molar-refractivity contribution in [1.29, 1.82) is 0 Å². The lowest BCUT2D eigenvalue weighted by Crippen LogP contribution is -2.23. The summed E-state index contributed by atoms with van der Waals surface area (Å²) in [4.78, 5) is 3.40. The highest BCUT2D eigenvalue weighted by atomic mass is 127. The van der Waals surface area contributed by atoms with E-state index in [1.165, 1.54) is 22.6 Å². The highest BCUT2D eigenvalue weighted by Crippen LogP contribution is 2.42. The number of nitrogens with zero attached hydrogens (tertiary/aromatic N) is 1. The lowest BCUT2D eigenvalue weighted by Gasteiger charge is -2.18. The molecular weight excluding hydrogens is 381 g/mol. The van der Waals surface area contributed by atoms with Gasteiger partial charge in [-0.15, -0.1) is 13.2 Å². The lowest BCUT2D eigenvalue weighted by atomic mass is 10.2. The fourth-order valence-electron chi connectivity index (χ4n) is 1.15. The molecule has 1 aromatic rings. The van der Waals surface area contributed by atoms with Crippen LogP contribution in [0.1, 0.15) is 11.3 Å². The van der Waals surface area contributed by atoms with Gasteiger partial charge < -0.3 is 10.5 Å². The van der Waals surface area contributed by atoms with Crippen LogP contribution in [0, 0.1) is 3.57 Å². The summed E-state index contributed by atoms with van der Waals surface area (Å²) < 4.78 is 77.2. The first kappa shape index (κ1) is 15.3. The molecule has 1 aromatic heterocycles. The van der Waals surface area contributed by atoms with Crippen LogP contribution in [0.2, 0.25) is 0 Å². The van der Waals surface area contributed by atoms with Gasteiger partial charge in [0.15, 0.2) is 5.75 Å². The summed E-state index contributed by atoms with van der Waals surface area (Å²) in [7, 11) is 0. The van der Waals surface area contributed by atoms with Crippen molar-refractivity contribution in [3.63, 3.8) is 0 Å². The smallest absolute Gasteiger partial charge is 0.403 e. The Bertz CT molecular complexity index is 444. The summed E-state index contributed by atoms with van der Waals surface area (Å²) in [5.41, 5.74) is 2.91. The summed E-state index contributed by atoms with van der Waals surface area (Å²) in [6, 6.07) is 0. The zero-order valence-corrected chi connectivity index (χ0v) is 10.5. The van der Waals surface area contributed by atoms with Crippen molar-refractivity contribution in [3.8, 4) is 5.75 Å². The Morgan fingerprint density at radius 1 is 1.22 bits per heavy atom. The molecule has 0 aliphatic carbocycles. The second-order valence-electron chi connectivity index (χ2n) is 3.01. The number of pyridine rings is 1. The van der Waals surface area contributed by atoms with Crippen molar-refractivity contribution in [1.82, 2.24) is 4.98 Å². The maximum atomic E-state index is 12.7. The summed E-state index contributed by atoms with van der Waals surface area (Å²) in [6.07, 6.45) is -9.46. The largest absolute Gasteiger partial charge is 0.573 e. The normalized spacial score (nSPS) is 12.7. The van der Waals surface area contributed by atoms with Crippen LogP contribution in [0.15, 0.2) is 6.20 Å². The van der Waals surface area contributed by atoms with Gasteiger partial charge in [0.1, 0.15) is 5.56 Å². The third-order valence-electron chi connectivity index (χ3n) is 1.76. The number of aromatic nitrogens is 1. The molecule has 0 amide bonds. The molecule has 0 spiro atoms. The van der Waals surface area contributed by atoms with E-state index in [-0.39, 0.29) is 0 Å². The van der Waals surface area contributed by atoms with Crippen molar-refractivity contribution < 1.29 is 31.1 Å². The van der Waals surface area contributed by atoms with Gasteiger partial charge in [-0.05, 0) is 22.6 Å². The maximum absolute atomic E-state index is 12.7. The highest BCUT2D eigenvalue weighted by molar-refractivity contribution is 14.1. The Kier molecular flexibility index (Phi) is 4.30. The fourth-order valence-corrected chi connectivity index (χ4v) is 1.84. The fraction of sp³-hybridized carbons (Fsp3) is 0.375. The minimum absolute atomic E-state index is 0.503. The number of hydrogen-bond donors (Lipinski definition) is 1. The minimum atomic E-state index is -5.25. The summed E-state index contributed by atoms with van der Waals surface area (Å²) in [6.45, 7) is -0.606. The van der Waals surface area contributed by atoms with E-state index in [0.29, 0.717) is 0 Å². The average Bonchev–Trinajstić information content (AvgIpc) is 2.13. The molecule has 0 unspecified atom stereocenters. The number of alkyl halides is 6. The molecule has 1 rings (SSSR count). The molecule has 102 valence electrons. The Morgan fingerprint density at radius 3 is 2.17 bits per heavy atom. The van der Waals surface area contributed by atoms with Gasteiger partial charge >= 0.3 is 12.5 Å². The van der Waals surface area contributed by atoms with Crippen molar-refractivity contribution in [2.24, 2.45) is 5.73 Å². The Morgan fingerprint density at radius 2 is 1.78 bits per heavy atom. The van der Waals surface area contributed by atoms with E-state index >= 15 is 0 Å². The second-order valence-corrected chi connectivity index (χ2v) is 4.17. The number of halogens is 7. The van der Waals surface area contributed by atoms with E-state index in [1.807, 2.05) is 0 Å². The molecule has 0 saturated carbocycles. The SMILES string of the molecule is NCc1ncc(I)c(C(F)(F)F)c1OC(F)(F)F. The van der Waals surface area contributed by atoms with Crippen LogP contribution in [-0.2, 0) is 12.7 Å². The molecule has 0 fully saturated rings. The van der Waals surface area contributed by atoms with Gasteiger partial charge in [-0.1, -0.05) is 0 Å². The van der Waals surface area contributed by atoms with Crippen molar-refractivity contribution in [2.75, 3.05) is 0 Å². The molecule has 10 heteroatoms. The molecule has 0 aromatic carbocycles. The maximum Gasteiger partial charge on any atom is 0.573 e. The van der Waals surface area contributed by atoms with E-state index in [2.05, 4.69) is 9.72 Å². The van der Waals surface area contributed by atoms with Gasteiger partial charge in [-0.3, -0.25) is 4.98 Å². The number of ether oxygens (including phenoxy) is 1. The molecule has 0 atom stereocenters. The van der Waals surface area contributed by atoms with E-state index in [0.717, 1.165) is 6.20 Å². The monoisotopic (exact) mass is 386 g/mol. The van der Waals surface area contributed by atoms with Crippen LogP contribution >= 0.6 is 22.6 Å². The van der Waals surface area contributed by atoms with Crippen LogP contribution in [0.5, 0.6) is 5.75 Å². The first-order chi connectivity index (χ1) is 8.06. The standard InChI is InChI=1S/C8H5F6IN2O/c9-7(10,11)5-3(15)2-17-4(1-16)6(5)18-8(12,13)14/h2H,1,16H2. The number of hydrogen-bond acceptors (Lipinski definition) is 3. The minimum Gasteiger partial charge on any atom is -0.403 e. The summed E-state index contributed by atoms with van der Waals surface area (Å²) in [5.74, 6) is -1.40. The highest BCUT2D eigenvalue weighted by Gasteiger charge is 2.42. The summed E-state index contributed by atoms with van der Waals surface area (Å²) in [5, 5.41) is 0. The van der Waals surface area contributed by atoms with Crippen LogP contribution in [-0.4, -0.2) is 11.3 Å². The van der Waals surface area contributed by atoms with Crippen LogP contribution < -0.4 is 10.5 Å². The molecule has 0 aliphatic heterocycles. The molecular formula is C8H5F6IN2O. The first-order valence-electron chi connectivity index (χ1n) is 4.26. The first-order valence-corrected chi connectivity index (χ1v) is 5.34. The molecule has 0 radical (unpaired) electrons. The molecule has 1 heterocycles. The van der Waals surface area contributed by atoms with Gasteiger partial charge in [0.25, 0.3) is 0 Å². The zero-order valence-electron chi connectivity index (χ0n) is 8.36. The Balaban J connectivity index is 3.47. The van der Waals surface area contributed by atoms with Gasteiger partial charge in [0, 0.05) is 16.3 Å². The third kappa shape index (κ3) is 3.60. The second kappa shape index (κ2) is 5.07. The van der Waals surface area contributed by atoms with E-state index in [9.17, 15) is 26.3 Å². The summed E-state index contributed by atoms with van der Waals surface area (Å²) >= 11 is 1.23. The molecule has 0 bridgehead atoms. The van der Waals surface area contributed by atoms with Gasteiger partial charge in [0.05, 0.1) is 5.69 Å². The van der Waals surface area contributed by atoms with Crippen molar-refractivity contribution >= 4 is 22.6 Å². The number of rotatable bonds is 2. The van der Waals surface area contributed by atoms with Crippen LogP contribution in [0.3, 0.4) is 0 Å². The molecule has 3 nitrogen and oxygen atoms in total. The Hall–Kier alpha value is -0.780. The molecule has 0 saturated heterocycles. The predicted octanol–water partition coefficient (Wildman–Crippen LogP) is 3.06. The van der Waals surface area contributed by atoms with Crippen molar-refractivity contribution in [2.45, 2.75) is 19.1 Å². The zero-order chi connectivity index (χ0) is 14.1. The van der Waals surface area contributed by atoms with Crippen LogP contribution in [0.25, 0.3) is 0 Å². The van der Waals surface area contributed by atoms with Gasteiger partial charge in [-0.25, -0.2) is 0 Å². The van der Waals surface area contributed by atoms with E-state index < -0.39 is 39.7 Å². The van der Waals surface area contributed by atoms with Gasteiger partial charge in [0.2, 0.25) is 0 Å². The molecule has 2 N–H and O–H groups in total. The third-order valence-corrected chi connectivity index (χ3v) is 2.57. The van der Waals surface area contributed by atoms with Crippen LogP contribution in [0.4, 0.5) is 26.3 Å². The Labute approximate surface area is 110 Å². The molecule has 18 heavy (non-hydrogen) atoms. The van der Waals surface area contributed by atoms with Gasteiger partial charge in [-0.2, -0.15) is 13.2 Å². The topological polar surface area (TPSA) is 48.1 Å². The van der Waals surface area contributed by atoms with Crippen molar-refractivity contribution in [3.05, 3.63) is 21.0 Å². The number of nitrogens with two attached hydrogens (primary N) is 1. The lowest BCUT2D eigenvalue weighted by molar-refractivity contribution is -0.276. The average molecular weight is 386 g/mol. The van der Waals surface area contributed by atoms with E-state index in [1.54, 1.807) is 0 Å². The quantitative estimate of drug-likeness (QED) is 0.628. The predicted molar refractivity (Wildman–Crippen MR) is 56.5 cm³/mol. The van der Waals surface area contributed by atoms with E-state index in [4.69, 9.17) is 5.73 Å². The molecule has 0 aliphatic rings.